The van der Waals surface area contributed by atoms with Crippen molar-refractivity contribution in [1.29, 1.82) is 0 Å². The van der Waals surface area contributed by atoms with Gasteiger partial charge in [-0.1, -0.05) is 31.2 Å². The van der Waals surface area contributed by atoms with Crippen LogP contribution in [0.25, 0.3) is 11.6 Å². The largest absolute Gasteiger partial charge is 0.207 e. The van der Waals surface area contributed by atoms with Gasteiger partial charge in [-0.2, -0.15) is 0 Å². The Morgan fingerprint density at radius 2 is 1.76 bits per heavy atom. The third kappa shape index (κ3) is 2.48. The second-order valence-corrected chi connectivity index (χ2v) is 5.27. The number of aryl methyl sites for hydroxylation is 2. The van der Waals surface area contributed by atoms with Crippen molar-refractivity contribution in [1.82, 2.24) is 0 Å². The SMILES string of the molecule is CCc1ccc(C2=Cc3cc(F)ccc3CC2)c(F)c1F. The zero-order valence-electron chi connectivity index (χ0n) is 11.7. The molecule has 0 bridgehead atoms. The third-order valence-electron chi connectivity index (χ3n) is 3.99. The van der Waals surface area contributed by atoms with Gasteiger partial charge in [-0.05, 0) is 53.7 Å². The predicted molar refractivity (Wildman–Crippen MR) is 78.3 cm³/mol. The van der Waals surface area contributed by atoms with Gasteiger partial charge in [0.15, 0.2) is 11.6 Å². The maximum atomic E-state index is 14.2. The molecule has 108 valence electrons. The van der Waals surface area contributed by atoms with Gasteiger partial charge in [0.25, 0.3) is 0 Å². The summed E-state index contributed by atoms with van der Waals surface area (Å²) < 4.78 is 41.4. The highest BCUT2D eigenvalue weighted by molar-refractivity contribution is 5.84. The molecule has 2 aromatic carbocycles. The molecule has 0 spiro atoms. The highest BCUT2D eigenvalue weighted by Gasteiger charge is 2.18. The van der Waals surface area contributed by atoms with E-state index in [0.717, 1.165) is 11.1 Å². The first-order valence-electron chi connectivity index (χ1n) is 7.06. The summed E-state index contributed by atoms with van der Waals surface area (Å²) in [6.45, 7) is 1.79. The Morgan fingerprint density at radius 1 is 0.952 bits per heavy atom. The molecule has 1 aliphatic carbocycles. The van der Waals surface area contributed by atoms with E-state index in [1.165, 1.54) is 12.1 Å². The van der Waals surface area contributed by atoms with Crippen LogP contribution in [0, 0.1) is 17.5 Å². The molecular weight excluding hydrogens is 273 g/mol. The van der Waals surface area contributed by atoms with E-state index < -0.39 is 11.6 Å². The van der Waals surface area contributed by atoms with Crippen LogP contribution in [-0.2, 0) is 12.8 Å². The molecule has 0 aliphatic heterocycles. The van der Waals surface area contributed by atoms with E-state index in [9.17, 15) is 13.2 Å². The molecule has 0 amide bonds. The van der Waals surface area contributed by atoms with E-state index in [1.54, 1.807) is 31.2 Å². The molecule has 2 aromatic rings. The number of benzene rings is 2. The fourth-order valence-electron chi connectivity index (χ4n) is 2.78. The molecule has 0 fully saturated rings. The number of hydrogen-bond acceptors (Lipinski definition) is 0. The Balaban J connectivity index is 2.08. The second kappa shape index (κ2) is 5.40. The Morgan fingerprint density at radius 3 is 2.52 bits per heavy atom. The van der Waals surface area contributed by atoms with Crippen molar-refractivity contribution in [2.45, 2.75) is 26.2 Å². The van der Waals surface area contributed by atoms with Crippen molar-refractivity contribution in [3.05, 3.63) is 70.0 Å². The molecule has 0 aromatic heterocycles. The van der Waals surface area contributed by atoms with Crippen LogP contribution >= 0.6 is 0 Å². The maximum absolute atomic E-state index is 14.2. The van der Waals surface area contributed by atoms with Gasteiger partial charge in [0.2, 0.25) is 0 Å². The summed E-state index contributed by atoms with van der Waals surface area (Å²) in [6, 6.07) is 7.84. The summed E-state index contributed by atoms with van der Waals surface area (Å²) in [6.07, 6.45) is 3.54. The van der Waals surface area contributed by atoms with Crippen LogP contribution in [0.1, 0.15) is 35.6 Å². The summed E-state index contributed by atoms with van der Waals surface area (Å²) in [5.74, 6) is -1.90. The third-order valence-corrected chi connectivity index (χ3v) is 3.99. The van der Waals surface area contributed by atoms with Gasteiger partial charge in [0.1, 0.15) is 5.82 Å². The minimum atomic E-state index is -0.805. The minimum absolute atomic E-state index is 0.277. The summed E-state index contributed by atoms with van der Waals surface area (Å²) in [5.41, 5.74) is 3.15. The van der Waals surface area contributed by atoms with Gasteiger partial charge < -0.3 is 0 Å². The Bertz CT molecular complexity index is 729. The van der Waals surface area contributed by atoms with Crippen LogP contribution in [0.15, 0.2) is 30.3 Å². The van der Waals surface area contributed by atoms with Crippen molar-refractivity contribution in [3.63, 3.8) is 0 Å². The number of hydrogen-bond donors (Lipinski definition) is 0. The van der Waals surface area contributed by atoms with Gasteiger partial charge in [0, 0.05) is 5.56 Å². The molecule has 3 rings (SSSR count). The molecule has 0 radical (unpaired) electrons. The second-order valence-electron chi connectivity index (χ2n) is 5.27. The first-order valence-corrected chi connectivity index (χ1v) is 7.06. The Kier molecular flexibility index (Phi) is 3.58. The number of fused-ring (bicyclic) bond motifs is 1. The fraction of sp³-hybridized carbons (Fsp3) is 0.222. The van der Waals surface area contributed by atoms with Crippen molar-refractivity contribution in [2.75, 3.05) is 0 Å². The standard InChI is InChI=1S/C18H15F3/c1-2-11-6-8-16(18(21)17(11)20)13-4-3-12-5-7-15(19)10-14(12)9-13/h5-10H,2-4H2,1H3. The normalized spacial score (nSPS) is 13.8. The van der Waals surface area contributed by atoms with Gasteiger partial charge >= 0.3 is 0 Å². The van der Waals surface area contributed by atoms with E-state index in [2.05, 4.69) is 0 Å². The van der Waals surface area contributed by atoms with E-state index in [1.807, 2.05) is 0 Å². The lowest BCUT2D eigenvalue weighted by Gasteiger charge is -2.18. The van der Waals surface area contributed by atoms with Crippen molar-refractivity contribution in [3.8, 4) is 0 Å². The molecule has 0 heterocycles. The summed E-state index contributed by atoms with van der Waals surface area (Å²) in [4.78, 5) is 0. The zero-order chi connectivity index (χ0) is 15.0. The van der Waals surface area contributed by atoms with Crippen LogP contribution in [0.2, 0.25) is 0 Å². The Hall–Kier alpha value is -2.03. The number of halogens is 3. The minimum Gasteiger partial charge on any atom is -0.207 e. The van der Waals surface area contributed by atoms with Crippen molar-refractivity contribution < 1.29 is 13.2 Å². The van der Waals surface area contributed by atoms with E-state index in [4.69, 9.17) is 0 Å². The molecule has 21 heavy (non-hydrogen) atoms. The average Bonchev–Trinajstić information content (AvgIpc) is 2.49. The van der Waals surface area contributed by atoms with Gasteiger partial charge in [-0.15, -0.1) is 0 Å². The van der Waals surface area contributed by atoms with Crippen molar-refractivity contribution >= 4 is 11.6 Å². The molecule has 1 aliphatic rings. The van der Waals surface area contributed by atoms with Crippen LogP contribution in [0.4, 0.5) is 13.2 Å². The first kappa shape index (κ1) is 13.9. The number of allylic oxidation sites excluding steroid dienone is 1. The maximum Gasteiger partial charge on any atom is 0.166 e. The predicted octanol–water partition coefficient (Wildman–Crippen LogP) is 5.15. The first-order chi connectivity index (χ1) is 10.1. The van der Waals surface area contributed by atoms with Crippen LogP contribution in [0.3, 0.4) is 0 Å². The number of rotatable bonds is 2. The summed E-state index contributed by atoms with van der Waals surface area (Å²) >= 11 is 0. The molecular formula is C18H15F3. The average molecular weight is 288 g/mol. The lowest BCUT2D eigenvalue weighted by molar-refractivity contribution is 0.497. The van der Waals surface area contributed by atoms with E-state index in [0.29, 0.717) is 30.4 Å². The highest BCUT2D eigenvalue weighted by Crippen LogP contribution is 2.33. The molecule has 0 nitrogen and oxygen atoms in total. The molecule has 0 saturated carbocycles. The van der Waals surface area contributed by atoms with Crippen LogP contribution in [-0.4, -0.2) is 0 Å². The zero-order valence-corrected chi connectivity index (χ0v) is 11.7. The van der Waals surface area contributed by atoms with Crippen LogP contribution < -0.4 is 0 Å². The van der Waals surface area contributed by atoms with Gasteiger partial charge in [-0.3, -0.25) is 0 Å². The monoisotopic (exact) mass is 288 g/mol. The lowest BCUT2D eigenvalue weighted by atomic mass is 9.88. The lowest BCUT2D eigenvalue weighted by Crippen LogP contribution is -2.03. The van der Waals surface area contributed by atoms with Gasteiger partial charge in [0.05, 0.1) is 0 Å². The highest BCUT2D eigenvalue weighted by atomic mass is 19.2. The summed E-state index contributed by atoms with van der Waals surface area (Å²) in [5, 5.41) is 0. The topological polar surface area (TPSA) is 0 Å². The summed E-state index contributed by atoms with van der Waals surface area (Å²) in [7, 11) is 0. The molecule has 0 saturated heterocycles. The van der Waals surface area contributed by atoms with E-state index >= 15 is 0 Å². The molecule has 0 unspecified atom stereocenters. The quantitative estimate of drug-likeness (QED) is 0.716. The van der Waals surface area contributed by atoms with E-state index in [-0.39, 0.29) is 11.4 Å². The van der Waals surface area contributed by atoms with Crippen molar-refractivity contribution in [2.24, 2.45) is 0 Å². The Labute approximate surface area is 121 Å². The molecule has 3 heteroatoms. The molecule has 0 N–H and O–H groups in total. The fourth-order valence-corrected chi connectivity index (χ4v) is 2.78. The smallest absolute Gasteiger partial charge is 0.166 e. The van der Waals surface area contributed by atoms with Gasteiger partial charge in [-0.25, -0.2) is 13.2 Å². The molecule has 0 atom stereocenters. The van der Waals surface area contributed by atoms with Crippen LogP contribution in [0.5, 0.6) is 0 Å².